The minimum atomic E-state index is -0.112. The lowest BCUT2D eigenvalue weighted by molar-refractivity contribution is -0.117. The quantitative estimate of drug-likeness (QED) is 0.0367. The monoisotopic (exact) mass is 1130 g/mol. The van der Waals surface area contributed by atoms with Gasteiger partial charge in [0, 0.05) is 24.0 Å². The standard InChI is InChI=1S/C70H110N8O4/c1-5-9-13-15-17-19-21-23-25-27-29-31-33-35-37-41-53-81-61-49-45-59(46-50-61)65-57-77(75-73-65)67-56-68(64(72-70(80)44-40-12-8-4)55-63(67)71-69(79)43-39-11-7-3)78-58-66(74-76-78)60-47-51-62(52-48-60)82-54-42-38-36-34-32-30-28-26-24-22-20-18-16-14-10-6-2/h45-52,55-58H,5-44,53-54H2,1-4H3,(H,71,79)(H,72,80). The summed E-state index contributed by atoms with van der Waals surface area (Å²) >= 11 is 0. The van der Waals surface area contributed by atoms with Gasteiger partial charge in [-0.1, -0.05) is 256 Å². The van der Waals surface area contributed by atoms with Crippen molar-refractivity contribution < 1.29 is 19.1 Å². The van der Waals surface area contributed by atoms with Crippen LogP contribution in [-0.2, 0) is 9.59 Å². The van der Waals surface area contributed by atoms with E-state index in [1.807, 2.05) is 67.0 Å². The Hall–Kier alpha value is -5.52. The van der Waals surface area contributed by atoms with Crippen molar-refractivity contribution in [3.63, 3.8) is 0 Å². The third-order valence-electron chi connectivity index (χ3n) is 16.0. The van der Waals surface area contributed by atoms with Crippen LogP contribution in [0.15, 0.2) is 73.1 Å². The molecule has 5 rings (SSSR count). The van der Waals surface area contributed by atoms with Crippen molar-refractivity contribution >= 4 is 23.2 Å². The molecule has 0 radical (unpaired) electrons. The smallest absolute Gasteiger partial charge is 0.224 e. The molecule has 0 unspecified atom stereocenters. The Kier molecular flexibility index (Phi) is 35.4. The van der Waals surface area contributed by atoms with Gasteiger partial charge in [0.1, 0.15) is 22.9 Å². The van der Waals surface area contributed by atoms with E-state index in [0.717, 1.165) is 74.0 Å². The van der Waals surface area contributed by atoms with E-state index < -0.39 is 0 Å². The molecule has 0 saturated heterocycles. The second-order valence-corrected chi connectivity index (χ2v) is 23.3. The Bertz CT molecular complexity index is 2250. The van der Waals surface area contributed by atoms with Gasteiger partial charge in [0.15, 0.2) is 0 Å². The summed E-state index contributed by atoms with van der Waals surface area (Å²) in [5.41, 5.74) is 5.25. The first-order valence-electron chi connectivity index (χ1n) is 33.5. The number of nitrogens with one attached hydrogen (secondary N) is 2. The minimum absolute atomic E-state index is 0.112. The van der Waals surface area contributed by atoms with E-state index in [4.69, 9.17) is 9.47 Å². The Labute approximate surface area is 496 Å². The zero-order valence-electron chi connectivity index (χ0n) is 51.9. The van der Waals surface area contributed by atoms with Crippen molar-refractivity contribution in [1.29, 1.82) is 0 Å². The highest BCUT2D eigenvalue weighted by Gasteiger charge is 2.20. The maximum absolute atomic E-state index is 13.5. The fraction of sp³-hybridized carbons (Fsp3) is 0.657. The third-order valence-corrected chi connectivity index (χ3v) is 16.0. The first-order valence-corrected chi connectivity index (χ1v) is 33.5. The lowest BCUT2D eigenvalue weighted by Crippen LogP contribution is -2.17. The SMILES string of the molecule is CCCCCCCCCCCCCCCCCCOc1ccc(-c2cn(-c3cc(-n4cc(-c5ccc(OCCCCCCCCCCCCCCCCCC)cc5)nn4)c(NC(=O)CCCCC)cc3NC(=O)CCCCC)nn2)cc1. The average molecular weight is 1130 g/mol. The second-order valence-electron chi connectivity index (χ2n) is 23.3. The topological polar surface area (TPSA) is 138 Å². The molecule has 0 aliphatic heterocycles. The van der Waals surface area contributed by atoms with E-state index in [9.17, 15) is 9.59 Å². The summed E-state index contributed by atoms with van der Waals surface area (Å²) in [4.78, 5) is 27.0. The van der Waals surface area contributed by atoms with Gasteiger partial charge in [0.2, 0.25) is 11.8 Å². The van der Waals surface area contributed by atoms with Crippen LogP contribution in [0.3, 0.4) is 0 Å². The number of benzene rings is 3. The summed E-state index contributed by atoms with van der Waals surface area (Å²) in [5.74, 6) is 1.44. The van der Waals surface area contributed by atoms with E-state index in [-0.39, 0.29) is 11.8 Å². The summed E-state index contributed by atoms with van der Waals surface area (Å²) < 4.78 is 15.7. The van der Waals surface area contributed by atoms with E-state index in [0.29, 0.717) is 60.2 Å². The van der Waals surface area contributed by atoms with Crippen molar-refractivity contribution in [3.05, 3.63) is 73.1 Å². The highest BCUT2D eigenvalue weighted by atomic mass is 16.5. The van der Waals surface area contributed by atoms with E-state index in [2.05, 4.69) is 59.0 Å². The molecule has 2 aromatic heterocycles. The van der Waals surface area contributed by atoms with Crippen molar-refractivity contribution in [2.24, 2.45) is 0 Å². The molecule has 0 saturated carbocycles. The van der Waals surface area contributed by atoms with Crippen LogP contribution < -0.4 is 20.1 Å². The van der Waals surface area contributed by atoms with Crippen LogP contribution in [0.1, 0.15) is 285 Å². The van der Waals surface area contributed by atoms with Crippen LogP contribution in [0.5, 0.6) is 11.5 Å². The molecule has 0 aliphatic carbocycles. The summed E-state index contributed by atoms with van der Waals surface area (Å²) in [7, 11) is 0. The van der Waals surface area contributed by atoms with Gasteiger partial charge in [-0.15, -0.1) is 10.2 Å². The van der Waals surface area contributed by atoms with E-state index in [1.54, 1.807) is 15.4 Å². The Morgan fingerprint density at radius 1 is 0.366 bits per heavy atom. The number of unbranched alkanes of at least 4 members (excludes halogenated alkanes) is 34. The number of nitrogens with zero attached hydrogens (tertiary/aromatic N) is 6. The molecule has 12 nitrogen and oxygen atoms in total. The van der Waals surface area contributed by atoms with Gasteiger partial charge in [0.25, 0.3) is 0 Å². The molecule has 0 bridgehead atoms. The predicted molar refractivity (Wildman–Crippen MR) is 343 cm³/mol. The molecular weight excluding hydrogens is 1020 g/mol. The van der Waals surface area contributed by atoms with E-state index in [1.165, 1.54) is 193 Å². The van der Waals surface area contributed by atoms with Crippen molar-refractivity contribution in [2.45, 2.75) is 285 Å². The zero-order chi connectivity index (χ0) is 57.9. The molecule has 82 heavy (non-hydrogen) atoms. The van der Waals surface area contributed by atoms with Gasteiger partial charge in [-0.3, -0.25) is 9.59 Å². The highest BCUT2D eigenvalue weighted by Crippen LogP contribution is 2.34. The molecule has 0 atom stereocenters. The number of aromatic nitrogens is 6. The molecule has 0 aliphatic rings. The number of carbonyl (C=O) groups is 2. The lowest BCUT2D eigenvalue weighted by atomic mass is 10.0. The van der Waals surface area contributed by atoms with Gasteiger partial charge < -0.3 is 20.1 Å². The molecule has 12 heteroatoms. The van der Waals surface area contributed by atoms with Crippen LogP contribution in [0.25, 0.3) is 33.9 Å². The number of carbonyl (C=O) groups excluding carboxylic acids is 2. The maximum Gasteiger partial charge on any atom is 0.224 e. The summed E-state index contributed by atoms with van der Waals surface area (Å²) in [6, 6.07) is 19.7. The van der Waals surface area contributed by atoms with Crippen LogP contribution in [0, 0.1) is 0 Å². The van der Waals surface area contributed by atoms with Gasteiger partial charge in [-0.05, 0) is 86.3 Å². The van der Waals surface area contributed by atoms with Gasteiger partial charge >= 0.3 is 0 Å². The summed E-state index contributed by atoms with van der Waals surface area (Å²) in [5, 5.41) is 24.7. The summed E-state index contributed by atoms with van der Waals surface area (Å²) in [6.07, 6.45) is 53.0. The first-order chi connectivity index (χ1) is 40.4. The highest BCUT2D eigenvalue weighted by molar-refractivity contribution is 5.98. The Morgan fingerprint density at radius 2 is 0.646 bits per heavy atom. The van der Waals surface area contributed by atoms with Crippen LogP contribution in [-0.4, -0.2) is 55.0 Å². The molecule has 0 fully saturated rings. The summed E-state index contributed by atoms with van der Waals surface area (Å²) in [6.45, 7) is 10.2. The number of hydrogen-bond donors (Lipinski definition) is 2. The maximum atomic E-state index is 13.5. The van der Waals surface area contributed by atoms with Crippen LogP contribution in [0.2, 0.25) is 0 Å². The second kappa shape index (κ2) is 43.2. The molecule has 3 aromatic carbocycles. The largest absolute Gasteiger partial charge is 0.494 e. The number of amides is 2. The van der Waals surface area contributed by atoms with Crippen LogP contribution >= 0.6 is 0 Å². The number of ether oxygens (including phenoxy) is 2. The molecule has 2 amide bonds. The molecule has 2 N–H and O–H groups in total. The van der Waals surface area contributed by atoms with Gasteiger partial charge in [0.05, 0.1) is 48.4 Å². The van der Waals surface area contributed by atoms with Gasteiger partial charge in [-0.2, -0.15) is 0 Å². The van der Waals surface area contributed by atoms with E-state index >= 15 is 0 Å². The lowest BCUT2D eigenvalue weighted by Gasteiger charge is -2.17. The third kappa shape index (κ3) is 27.7. The van der Waals surface area contributed by atoms with Gasteiger partial charge in [-0.25, -0.2) is 9.36 Å². The van der Waals surface area contributed by atoms with Crippen LogP contribution in [0.4, 0.5) is 11.4 Å². The molecule has 454 valence electrons. The minimum Gasteiger partial charge on any atom is -0.494 e. The number of rotatable bonds is 50. The average Bonchev–Trinajstić information content (AvgIpc) is 4.01. The molecular formula is C70H110N8O4. The Balaban J connectivity index is 1.15. The zero-order valence-corrected chi connectivity index (χ0v) is 51.9. The number of anilines is 2. The normalized spacial score (nSPS) is 11.4. The Morgan fingerprint density at radius 3 is 0.951 bits per heavy atom. The van der Waals surface area contributed by atoms with Crippen molar-refractivity contribution in [3.8, 4) is 45.4 Å². The first kappa shape index (κ1) is 67.3. The van der Waals surface area contributed by atoms with Crippen molar-refractivity contribution in [2.75, 3.05) is 23.8 Å². The number of hydrogen-bond acceptors (Lipinski definition) is 8. The molecule has 5 aromatic rings. The molecule has 2 heterocycles. The predicted octanol–water partition coefficient (Wildman–Crippen LogP) is 20.5. The fourth-order valence-corrected chi connectivity index (χ4v) is 10.8. The molecule has 0 spiro atoms. The fourth-order valence-electron chi connectivity index (χ4n) is 10.8. The van der Waals surface area contributed by atoms with Crippen molar-refractivity contribution in [1.82, 2.24) is 30.0 Å².